The second kappa shape index (κ2) is 5.65. The highest BCUT2D eigenvalue weighted by molar-refractivity contribution is 7.90. The fourth-order valence-electron chi connectivity index (χ4n) is 2.54. The van der Waals surface area contributed by atoms with Crippen molar-refractivity contribution in [1.82, 2.24) is 14.9 Å². The molecule has 17 heavy (non-hydrogen) atoms. The van der Waals surface area contributed by atoms with Crippen molar-refractivity contribution in [2.75, 3.05) is 33.2 Å². The van der Waals surface area contributed by atoms with Gasteiger partial charge in [0.25, 0.3) is 0 Å². The van der Waals surface area contributed by atoms with Gasteiger partial charge in [-0.2, -0.15) is 0 Å². The van der Waals surface area contributed by atoms with Crippen molar-refractivity contribution in [3.63, 3.8) is 0 Å². The maximum absolute atomic E-state index is 12.2. The zero-order valence-electron chi connectivity index (χ0n) is 10.5. The lowest BCUT2D eigenvalue weighted by atomic mass is 10.1. The molecule has 0 amide bonds. The number of sulfonamides is 1. The van der Waals surface area contributed by atoms with E-state index in [2.05, 4.69) is 22.0 Å². The van der Waals surface area contributed by atoms with Gasteiger partial charge in [0.1, 0.15) is 0 Å². The molecule has 2 saturated heterocycles. The minimum Gasteiger partial charge on any atom is -0.315 e. The summed E-state index contributed by atoms with van der Waals surface area (Å²) in [5, 5.41) is 2.92. The maximum atomic E-state index is 12.2. The summed E-state index contributed by atoms with van der Waals surface area (Å²) in [7, 11) is -1.05. The summed E-state index contributed by atoms with van der Waals surface area (Å²) < 4.78 is 27.2. The van der Waals surface area contributed by atoms with Crippen LogP contribution in [-0.2, 0) is 10.0 Å². The number of piperidine rings is 2. The lowest BCUT2D eigenvalue weighted by molar-refractivity contribution is 0.247. The fourth-order valence-corrected chi connectivity index (χ4v) is 4.25. The van der Waals surface area contributed by atoms with E-state index in [-0.39, 0.29) is 11.3 Å². The fraction of sp³-hybridized carbons (Fsp3) is 1.00. The van der Waals surface area contributed by atoms with Gasteiger partial charge in [-0.05, 0) is 52.4 Å². The van der Waals surface area contributed by atoms with Crippen molar-refractivity contribution < 1.29 is 8.42 Å². The second-order valence-corrected chi connectivity index (χ2v) is 7.20. The molecule has 0 bridgehead atoms. The summed E-state index contributed by atoms with van der Waals surface area (Å²) in [6, 6.07) is 0.137. The molecule has 0 aromatic rings. The zero-order chi connectivity index (χ0) is 12.3. The molecule has 2 fully saturated rings. The Morgan fingerprint density at radius 3 is 2.53 bits per heavy atom. The molecule has 0 aromatic carbocycles. The standard InChI is InChI=1S/C11H23N3O2S/c1-14-7-4-10(5-8-14)13-17(15,16)11-3-2-6-12-9-11/h10-13H,2-9H2,1H3. The van der Waals surface area contributed by atoms with Crippen molar-refractivity contribution in [3.05, 3.63) is 0 Å². The molecule has 2 aliphatic heterocycles. The largest absolute Gasteiger partial charge is 0.315 e. The molecule has 0 saturated carbocycles. The van der Waals surface area contributed by atoms with Crippen LogP contribution in [0.2, 0.25) is 0 Å². The summed E-state index contributed by atoms with van der Waals surface area (Å²) >= 11 is 0. The number of likely N-dealkylation sites (tertiary alicyclic amines) is 1. The SMILES string of the molecule is CN1CCC(NS(=O)(=O)C2CCCNC2)CC1. The number of rotatable bonds is 3. The Hall–Kier alpha value is -0.170. The molecule has 2 heterocycles. The Balaban J connectivity index is 1.88. The first kappa shape index (κ1) is 13.3. The minimum atomic E-state index is -3.13. The van der Waals surface area contributed by atoms with Crippen LogP contribution in [0, 0.1) is 0 Å². The minimum absolute atomic E-state index is 0.137. The summed E-state index contributed by atoms with van der Waals surface area (Å²) in [6.45, 7) is 3.51. The van der Waals surface area contributed by atoms with Crippen molar-refractivity contribution in [2.24, 2.45) is 0 Å². The average Bonchev–Trinajstić information content (AvgIpc) is 2.33. The van der Waals surface area contributed by atoms with E-state index in [9.17, 15) is 8.42 Å². The van der Waals surface area contributed by atoms with Crippen LogP contribution in [-0.4, -0.2) is 57.8 Å². The molecule has 2 N–H and O–H groups in total. The Morgan fingerprint density at radius 1 is 1.24 bits per heavy atom. The smallest absolute Gasteiger partial charge is 0.215 e. The maximum Gasteiger partial charge on any atom is 0.215 e. The number of hydrogen-bond acceptors (Lipinski definition) is 4. The molecule has 100 valence electrons. The van der Waals surface area contributed by atoms with E-state index >= 15 is 0 Å². The average molecular weight is 261 g/mol. The van der Waals surface area contributed by atoms with E-state index < -0.39 is 10.0 Å². The number of hydrogen-bond donors (Lipinski definition) is 2. The van der Waals surface area contributed by atoms with Crippen LogP contribution in [0.4, 0.5) is 0 Å². The van der Waals surface area contributed by atoms with Gasteiger partial charge < -0.3 is 10.2 Å². The molecule has 6 heteroatoms. The van der Waals surface area contributed by atoms with Crippen molar-refractivity contribution in [3.8, 4) is 0 Å². The molecule has 2 aliphatic rings. The Labute approximate surface area is 104 Å². The van der Waals surface area contributed by atoms with E-state index in [4.69, 9.17) is 0 Å². The van der Waals surface area contributed by atoms with Gasteiger partial charge >= 0.3 is 0 Å². The Bertz CT molecular complexity index is 331. The van der Waals surface area contributed by atoms with Crippen molar-refractivity contribution in [1.29, 1.82) is 0 Å². The molecule has 1 unspecified atom stereocenters. The van der Waals surface area contributed by atoms with Crippen LogP contribution in [0.15, 0.2) is 0 Å². The molecule has 0 radical (unpaired) electrons. The highest BCUT2D eigenvalue weighted by Crippen LogP contribution is 2.14. The highest BCUT2D eigenvalue weighted by atomic mass is 32.2. The van der Waals surface area contributed by atoms with Crippen LogP contribution >= 0.6 is 0 Å². The van der Waals surface area contributed by atoms with Gasteiger partial charge in [0, 0.05) is 12.6 Å². The van der Waals surface area contributed by atoms with Gasteiger partial charge in [-0.1, -0.05) is 0 Å². The lowest BCUT2D eigenvalue weighted by Crippen LogP contribution is -2.49. The highest BCUT2D eigenvalue weighted by Gasteiger charge is 2.30. The van der Waals surface area contributed by atoms with Gasteiger partial charge in [-0.25, -0.2) is 13.1 Å². The molecular weight excluding hydrogens is 238 g/mol. The van der Waals surface area contributed by atoms with E-state index in [1.54, 1.807) is 0 Å². The molecule has 0 spiro atoms. The van der Waals surface area contributed by atoms with Crippen LogP contribution in [0.3, 0.4) is 0 Å². The quantitative estimate of drug-likeness (QED) is 0.735. The van der Waals surface area contributed by atoms with Crippen LogP contribution < -0.4 is 10.0 Å². The number of nitrogens with zero attached hydrogens (tertiary/aromatic N) is 1. The van der Waals surface area contributed by atoms with E-state index in [1.807, 2.05) is 0 Å². The van der Waals surface area contributed by atoms with Crippen molar-refractivity contribution in [2.45, 2.75) is 37.0 Å². The van der Waals surface area contributed by atoms with Crippen molar-refractivity contribution >= 4 is 10.0 Å². The normalized spacial score (nSPS) is 29.4. The van der Waals surface area contributed by atoms with Gasteiger partial charge in [-0.15, -0.1) is 0 Å². The molecular formula is C11H23N3O2S. The van der Waals surface area contributed by atoms with Gasteiger partial charge in [0.05, 0.1) is 5.25 Å². The molecule has 1 atom stereocenters. The second-order valence-electron chi connectivity index (χ2n) is 5.21. The van der Waals surface area contributed by atoms with E-state index in [0.717, 1.165) is 45.3 Å². The Morgan fingerprint density at radius 2 is 1.94 bits per heavy atom. The summed E-state index contributed by atoms with van der Waals surface area (Å²) in [5.74, 6) is 0. The predicted octanol–water partition coefficient (Wildman–Crippen LogP) is -0.248. The third-order valence-corrected chi connectivity index (χ3v) is 5.68. The summed E-state index contributed by atoms with van der Waals surface area (Å²) in [4.78, 5) is 2.24. The van der Waals surface area contributed by atoms with Gasteiger partial charge in [-0.3, -0.25) is 0 Å². The lowest BCUT2D eigenvalue weighted by Gasteiger charge is -2.31. The molecule has 2 rings (SSSR count). The zero-order valence-corrected chi connectivity index (χ0v) is 11.3. The first-order valence-corrected chi connectivity index (χ1v) is 8.03. The summed E-state index contributed by atoms with van der Waals surface area (Å²) in [6.07, 6.45) is 3.60. The monoisotopic (exact) mass is 261 g/mol. The predicted molar refractivity (Wildman–Crippen MR) is 68.5 cm³/mol. The third kappa shape index (κ3) is 3.64. The van der Waals surface area contributed by atoms with Gasteiger partial charge in [0.15, 0.2) is 0 Å². The van der Waals surface area contributed by atoms with Crippen LogP contribution in [0.5, 0.6) is 0 Å². The molecule has 0 aromatic heterocycles. The first-order valence-electron chi connectivity index (χ1n) is 6.48. The third-order valence-electron chi connectivity index (χ3n) is 3.74. The van der Waals surface area contributed by atoms with E-state index in [1.165, 1.54) is 0 Å². The Kier molecular flexibility index (Phi) is 4.41. The van der Waals surface area contributed by atoms with E-state index in [0.29, 0.717) is 6.54 Å². The molecule has 0 aliphatic carbocycles. The van der Waals surface area contributed by atoms with Crippen LogP contribution in [0.25, 0.3) is 0 Å². The summed E-state index contributed by atoms with van der Waals surface area (Å²) in [5.41, 5.74) is 0. The first-order chi connectivity index (χ1) is 8.08. The topological polar surface area (TPSA) is 61.4 Å². The molecule has 5 nitrogen and oxygen atoms in total. The van der Waals surface area contributed by atoms with Crippen LogP contribution in [0.1, 0.15) is 25.7 Å². The van der Waals surface area contributed by atoms with Gasteiger partial charge in [0.2, 0.25) is 10.0 Å². The number of nitrogens with one attached hydrogen (secondary N) is 2.